The normalized spacial score (nSPS) is 26.2. The first-order valence-electron chi connectivity index (χ1n) is 8.02. The molecule has 2 N–H and O–H groups in total. The largest absolute Gasteiger partial charge is 0.364 e. The van der Waals surface area contributed by atoms with Crippen LogP contribution in [0.15, 0.2) is 24.8 Å². The number of piperidine rings is 1. The summed E-state index contributed by atoms with van der Waals surface area (Å²) in [5, 5.41) is 7.14. The summed E-state index contributed by atoms with van der Waals surface area (Å²) in [6, 6.07) is 1.04. The molecule has 4 heterocycles. The van der Waals surface area contributed by atoms with Gasteiger partial charge in [0.25, 0.3) is 0 Å². The number of anilines is 1. The lowest BCUT2D eigenvalue weighted by Gasteiger charge is -2.24. The summed E-state index contributed by atoms with van der Waals surface area (Å²) in [4.78, 5) is 15.8. The van der Waals surface area contributed by atoms with Gasteiger partial charge >= 0.3 is 0 Å². The standard InChI is InChI=1S/C16H18N6S/c1-9-8-22-14(6-19-16(22)23-9)13-5-17-7-15(21-13)20-12-3-10-2-11(12)18-4-10/h5-8,10-12,18H,2-4H2,1H3,(H,20,21). The fourth-order valence-electron chi connectivity index (χ4n) is 3.85. The van der Waals surface area contributed by atoms with Crippen LogP contribution in [0.25, 0.3) is 16.3 Å². The van der Waals surface area contributed by atoms with Crippen molar-refractivity contribution in [3.63, 3.8) is 0 Å². The second kappa shape index (κ2) is 5.01. The van der Waals surface area contributed by atoms with Crippen LogP contribution in [0.1, 0.15) is 17.7 Å². The molecule has 1 saturated carbocycles. The van der Waals surface area contributed by atoms with E-state index in [4.69, 9.17) is 4.98 Å². The second-order valence-corrected chi connectivity index (χ2v) is 7.74. The summed E-state index contributed by atoms with van der Waals surface area (Å²) < 4.78 is 2.09. The van der Waals surface area contributed by atoms with Crippen LogP contribution in [-0.4, -0.2) is 38.0 Å². The Morgan fingerprint density at radius 2 is 2.26 bits per heavy atom. The van der Waals surface area contributed by atoms with Crippen LogP contribution in [-0.2, 0) is 0 Å². The molecular formula is C16H18N6S. The highest BCUT2D eigenvalue weighted by molar-refractivity contribution is 7.17. The molecule has 6 nitrogen and oxygen atoms in total. The third-order valence-corrected chi connectivity index (χ3v) is 5.80. The maximum Gasteiger partial charge on any atom is 0.194 e. The van der Waals surface area contributed by atoms with Crippen molar-refractivity contribution in [1.82, 2.24) is 24.7 Å². The minimum absolute atomic E-state index is 0.465. The lowest BCUT2D eigenvalue weighted by Crippen LogP contribution is -2.41. The first kappa shape index (κ1) is 13.4. The van der Waals surface area contributed by atoms with Crippen LogP contribution in [0.5, 0.6) is 0 Å². The summed E-state index contributed by atoms with van der Waals surface area (Å²) in [6.45, 7) is 3.26. The van der Waals surface area contributed by atoms with E-state index in [0.29, 0.717) is 12.1 Å². The monoisotopic (exact) mass is 326 g/mol. The van der Waals surface area contributed by atoms with E-state index < -0.39 is 0 Å². The minimum atomic E-state index is 0.465. The van der Waals surface area contributed by atoms with Crippen LogP contribution in [0, 0.1) is 12.8 Å². The van der Waals surface area contributed by atoms with E-state index in [9.17, 15) is 0 Å². The molecule has 1 aliphatic carbocycles. The lowest BCUT2D eigenvalue weighted by atomic mass is 10.1. The van der Waals surface area contributed by atoms with E-state index in [1.165, 1.54) is 24.3 Å². The highest BCUT2D eigenvalue weighted by Gasteiger charge is 2.39. The van der Waals surface area contributed by atoms with E-state index in [1.54, 1.807) is 17.5 Å². The van der Waals surface area contributed by atoms with E-state index in [2.05, 4.69) is 38.1 Å². The molecule has 0 radical (unpaired) electrons. The first-order chi connectivity index (χ1) is 11.3. The number of fused-ring (bicyclic) bond motifs is 3. The maximum absolute atomic E-state index is 4.76. The highest BCUT2D eigenvalue weighted by atomic mass is 32.1. The number of hydrogen-bond acceptors (Lipinski definition) is 6. The number of hydrogen-bond donors (Lipinski definition) is 2. The van der Waals surface area contributed by atoms with Gasteiger partial charge in [-0.05, 0) is 32.2 Å². The molecule has 0 spiro atoms. The van der Waals surface area contributed by atoms with Crippen molar-refractivity contribution in [2.24, 2.45) is 5.92 Å². The van der Waals surface area contributed by atoms with Gasteiger partial charge < -0.3 is 10.6 Å². The van der Waals surface area contributed by atoms with Gasteiger partial charge in [0, 0.05) is 23.2 Å². The third kappa shape index (κ3) is 2.22. The zero-order valence-corrected chi connectivity index (χ0v) is 13.7. The smallest absolute Gasteiger partial charge is 0.194 e. The van der Waals surface area contributed by atoms with Gasteiger partial charge in [0.15, 0.2) is 4.96 Å². The Balaban J connectivity index is 1.45. The summed E-state index contributed by atoms with van der Waals surface area (Å²) in [5.41, 5.74) is 1.85. The van der Waals surface area contributed by atoms with Crippen molar-refractivity contribution in [3.8, 4) is 11.4 Å². The van der Waals surface area contributed by atoms with Gasteiger partial charge in [0.1, 0.15) is 11.5 Å². The van der Waals surface area contributed by atoms with E-state index in [1.807, 2.05) is 12.4 Å². The third-order valence-electron chi connectivity index (χ3n) is 4.89. The number of nitrogens with one attached hydrogen (secondary N) is 2. The number of imidazole rings is 1. The molecule has 5 rings (SSSR count). The minimum Gasteiger partial charge on any atom is -0.364 e. The summed E-state index contributed by atoms with van der Waals surface area (Å²) >= 11 is 1.69. The molecule has 23 heavy (non-hydrogen) atoms. The van der Waals surface area contributed by atoms with Crippen LogP contribution in [0.3, 0.4) is 0 Å². The molecule has 1 aliphatic heterocycles. The SMILES string of the molecule is Cc1cn2c(-c3cncc(NC4CC5CNC4C5)n3)cnc2s1. The Hall–Kier alpha value is -1.99. The fourth-order valence-corrected chi connectivity index (χ4v) is 4.65. The van der Waals surface area contributed by atoms with Gasteiger partial charge in [0.05, 0.1) is 24.3 Å². The number of rotatable bonds is 3. The number of aromatic nitrogens is 4. The summed E-state index contributed by atoms with van der Waals surface area (Å²) in [5.74, 6) is 1.67. The van der Waals surface area contributed by atoms with E-state index >= 15 is 0 Å². The highest BCUT2D eigenvalue weighted by Crippen LogP contribution is 2.33. The van der Waals surface area contributed by atoms with E-state index in [0.717, 1.165) is 28.1 Å². The van der Waals surface area contributed by atoms with Crippen LogP contribution in [0.2, 0.25) is 0 Å². The molecule has 0 amide bonds. The Morgan fingerprint density at radius 1 is 1.30 bits per heavy atom. The fraction of sp³-hybridized carbons (Fsp3) is 0.438. The van der Waals surface area contributed by atoms with Gasteiger partial charge in [-0.15, -0.1) is 11.3 Å². The summed E-state index contributed by atoms with van der Waals surface area (Å²) in [6.07, 6.45) is 10.1. The predicted molar refractivity (Wildman–Crippen MR) is 90.8 cm³/mol. The molecule has 7 heteroatoms. The van der Waals surface area contributed by atoms with Crippen molar-refractivity contribution >= 4 is 22.1 Å². The van der Waals surface area contributed by atoms with Crippen molar-refractivity contribution in [2.75, 3.05) is 11.9 Å². The average Bonchev–Trinajstić information content (AvgIpc) is 3.28. The van der Waals surface area contributed by atoms with Gasteiger partial charge in [0.2, 0.25) is 0 Å². The van der Waals surface area contributed by atoms with Crippen LogP contribution in [0.4, 0.5) is 5.82 Å². The topological polar surface area (TPSA) is 67.1 Å². The molecule has 2 aliphatic rings. The Bertz CT molecular complexity index is 868. The van der Waals surface area contributed by atoms with Crippen molar-refractivity contribution < 1.29 is 0 Å². The quantitative estimate of drug-likeness (QED) is 0.773. The molecule has 1 saturated heterocycles. The van der Waals surface area contributed by atoms with Crippen molar-refractivity contribution in [2.45, 2.75) is 31.8 Å². The number of nitrogens with zero attached hydrogens (tertiary/aromatic N) is 4. The Morgan fingerprint density at radius 3 is 3.09 bits per heavy atom. The molecule has 0 aromatic carbocycles. The molecule has 3 unspecified atom stereocenters. The van der Waals surface area contributed by atoms with Crippen LogP contribution < -0.4 is 10.6 Å². The predicted octanol–water partition coefficient (Wildman–Crippen LogP) is 2.32. The number of aryl methyl sites for hydroxylation is 1. The second-order valence-electron chi connectivity index (χ2n) is 6.53. The zero-order valence-electron chi connectivity index (χ0n) is 12.9. The Labute approximate surface area is 138 Å². The number of thiazole rings is 1. The van der Waals surface area contributed by atoms with E-state index in [-0.39, 0.29) is 0 Å². The van der Waals surface area contributed by atoms with Crippen LogP contribution >= 0.6 is 11.3 Å². The molecule has 3 aromatic heterocycles. The molecular weight excluding hydrogens is 308 g/mol. The maximum atomic E-state index is 4.76. The van der Waals surface area contributed by atoms with Crippen molar-refractivity contribution in [3.05, 3.63) is 29.7 Å². The molecule has 3 atom stereocenters. The molecule has 2 fully saturated rings. The van der Waals surface area contributed by atoms with Gasteiger partial charge in [-0.2, -0.15) is 0 Å². The zero-order chi connectivity index (χ0) is 15.4. The summed E-state index contributed by atoms with van der Waals surface area (Å²) in [7, 11) is 0. The van der Waals surface area contributed by atoms with Gasteiger partial charge in [-0.25, -0.2) is 9.97 Å². The van der Waals surface area contributed by atoms with Gasteiger partial charge in [-0.3, -0.25) is 9.38 Å². The molecule has 118 valence electrons. The molecule has 3 aromatic rings. The van der Waals surface area contributed by atoms with Crippen molar-refractivity contribution in [1.29, 1.82) is 0 Å². The molecule has 2 bridgehead atoms. The Kier molecular flexibility index (Phi) is 2.93. The van der Waals surface area contributed by atoms with Gasteiger partial charge in [-0.1, -0.05) is 0 Å². The average molecular weight is 326 g/mol. The lowest BCUT2D eigenvalue weighted by molar-refractivity contribution is 0.465. The first-order valence-corrected chi connectivity index (χ1v) is 8.84.